The summed E-state index contributed by atoms with van der Waals surface area (Å²) in [5.41, 5.74) is 4.25. The quantitative estimate of drug-likeness (QED) is 0.585. The Bertz CT molecular complexity index is 1200. The molecule has 0 bridgehead atoms. The largest absolute Gasteiger partial charge is 0.354 e. The van der Waals surface area contributed by atoms with E-state index in [1.165, 1.54) is 6.07 Å². The maximum Gasteiger partial charge on any atom is 0.225 e. The van der Waals surface area contributed by atoms with Crippen molar-refractivity contribution in [3.63, 3.8) is 0 Å². The third-order valence-corrected chi connectivity index (χ3v) is 6.48. The van der Waals surface area contributed by atoms with Crippen LogP contribution in [0.25, 0.3) is 22.6 Å². The summed E-state index contributed by atoms with van der Waals surface area (Å²) in [5, 5.41) is 6.08. The normalized spacial score (nSPS) is 16.3. The van der Waals surface area contributed by atoms with E-state index in [1.807, 2.05) is 25.1 Å². The Balaban J connectivity index is 1.38. The molecule has 34 heavy (non-hydrogen) atoms. The molecular weight excluding hydrogens is 433 g/mol. The molecule has 8 nitrogen and oxygen atoms in total. The van der Waals surface area contributed by atoms with Gasteiger partial charge < -0.3 is 25.0 Å². The molecule has 0 saturated carbocycles. The number of nitrogens with zero attached hydrogens (tertiary/aromatic N) is 5. The van der Waals surface area contributed by atoms with Crippen LogP contribution >= 0.6 is 0 Å². The summed E-state index contributed by atoms with van der Waals surface area (Å²) in [7, 11) is 2.10. The highest BCUT2D eigenvalue weighted by Crippen LogP contribution is 2.37. The van der Waals surface area contributed by atoms with Crippen LogP contribution in [-0.4, -0.2) is 76.6 Å². The Hall–Kier alpha value is -3.30. The first-order valence-electron chi connectivity index (χ1n) is 11.8. The first-order valence-corrected chi connectivity index (χ1v) is 11.8. The fraction of sp³-hybridized carbons (Fsp3) is 0.400. The van der Waals surface area contributed by atoms with Gasteiger partial charge >= 0.3 is 0 Å². The number of amides is 1. The van der Waals surface area contributed by atoms with Crippen LogP contribution in [0.3, 0.4) is 0 Å². The number of aryl methyl sites for hydroxylation is 1. The number of likely N-dealkylation sites (N-methyl/N-ethyl adjacent to an activating group) is 1. The summed E-state index contributed by atoms with van der Waals surface area (Å²) in [6.07, 6.45) is 0.331. The van der Waals surface area contributed by atoms with E-state index in [4.69, 9.17) is 4.98 Å². The van der Waals surface area contributed by atoms with Crippen molar-refractivity contribution >= 4 is 17.5 Å². The van der Waals surface area contributed by atoms with Crippen molar-refractivity contribution in [2.45, 2.75) is 19.9 Å². The highest BCUT2D eigenvalue weighted by molar-refractivity contribution is 5.92. The van der Waals surface area contributed by atoms with Gasteiger partial charge in [-0.2, -0.15) is 0 Å². The predicted octanol–water partition coefficient (Wildman–Crippen LogP) is 3.06. The van der Waals surface area contributed by atoms with Gasteiger partial charge in [-0.1, -0.05) is 6.07 Å². The molecule has 1 amide bonds. The zero-order chi connectivity index (χ0) is 23.7. The summed E-state index contributed by atoms with van der Waals surface area (Å²) < 4.78 is 16.8. The van der Waals surface area contributed by atoms with E-state index < -0.39 is 5.82 Å². The summed E-state index contributed by atoms with van der Waals surface area (Å²) in [6.45, 7) is 8.06. The zero-order valence-electron chi connectivity index (χ0n) is 19.6. The molecule has 3 aromatic rings. The number of hydrogen-bond acceptors (Lipinski definition) is 6. The Morgan fingerprint density at radius 1 is 1.12 bits per heavy atom. The van der Waals surface area contributed by atoms with E-state index in [2.05, 4.69) is 37.0 Å². The third kappa shape index (κ3) is 4.67. The van der Waals surface area contributed by atoms with Gasteiger partial charge in [0.25, 0.3) is 0 Å². The van der Waals surface area contributed by atoms with E-state index in [1.54, 1.807) is 12.1 Å². The van der Waals surface area contributed by atoms with Crippen LogP contribution in [0, 0.1) is 12.7 Å². The lowest BCUT2D eigenvalue weighted by molar-refractivity contribution is -0.116. The molecule has 0 aliphatic carbocycles. The van der Waals surface area contributed by atoms with E-state index in [-0.39, 0.29) is 11.6 Å². The highest BCUT2D eigenvalue weighted by atomic mass is 19.1. The fourth-order valence-corrected chi connectivity index (χ4v) is 4.54. The number of pyridine rings is 1. The molecule has 2 N–H and O–H groups in total. The monoisotopic (exact) mass is 463 g/mol. The lowest BCUT2D eigenvalue weighted by atomic mass is 10.1. The number of fused-ring (bicyclic) bond motifs is 1. The minimum Gasteiger partial charge on any atom is -0.354 e. The second kappa shape index (κ2) is 9.52. The molecule has 178 valence electrons. The van der Waals surface area contributed by atoms with E-state index in [0.717, 1.165) is 73.6 Å². The Morgan fingerprint density at radius 3 is 2.74 bits per heavy atom. The molecule has 0 radical (unpaired) electrons. The number of piperazine rings is 1. The first-order chi connectivity index (χ1) is 16.5. The third-order valence-electron chi connectivity index (χ3n) is 6.48. The number of nitrogens with one attached hydrogen (secondary N) is 2. The summed E-state index contributed by atoms with van der Waals surface area (Å²) >= 11 is 0. The van der Waals surface area contributed by atoms with Crippen molar-refractivity contribution in [3.8, 4) is 22.6 Å². The van der Waals surface area contributed by atoms with Crippen molar-refractivity contribution in [3.05, 3.63) is 47.9 Å². The van der Waals surface area contributed by atoms with Gasteiger partial charge in [0, 0.05) is 63.5 Å². The molecule has 2 aliphatic heterocycles. The number of rotatable bonds is 6. The smallest absolute Gasteiger partial charge is 0.225 e. The van der Waals surface area contributed by atoms with Crippen LogP contribution in [0.15, 0.2) is 36.4 Å². The molecule has 1 saturated heterocycles. The molecule has 0 atom stereocenters. The molecule has 5 rings (SSSR count). The molecule has 0 spiro atoms. The second-order valence-corrected chi connectivity index (χ2v) is 9.01. The SMILES string of the molecule is Cc1cccc(-c2nc3n(c2-c2ccc(F)c(NC(=O)CCN4CCN(C)CC4)c2)CCN3)n1. The number of hydrogen-bond donors (Lipinski definition) is 2. The van der Waals surface area contributed by atoms with Crippen molar-refractivity contribution in [1.29, 1.82) is 0 Å². The van der Waals surface area contributed by atoms with Crippen LogP contribution in [0.1, 0.15) is 12.1 Å². The van der Waals surface area contributed by atoms with Crippen molar-refractivity contribution < 1.29 is 9.18 Å². The summed E-state index contributed by atoms with van der Waals surface area (Å²) in [4.78, 5) is 26.6. The minimum absolute atomic E-state index is 0.185. The van der Waals surface area contributed by atoms with Crippen molar-refractivity contribution in [1.82, 2.24) is 24.3 Å². The lowest BCUT2D eigenvalue weighted by Crippen LogP contribution is -2.45. The number of aromatic nitrogens is 3. The molecule has 2 aromatic heterocycles. The number of anilines is 2. The van der Waals surface area contributed by atoms with Crippen LogP contribution in [0.2, 0.25) is 0 Å². The van der Waals surface area contributed by atoms with E-state index >= 15 is 0 Å². The Kier molecular flexibility index (Phi) is 6.30. The van der Waals surface area contributed by atoms with Gasteiger partial charge in [-0.25, -0.2) is 9.37 Å². The maximum atomic E-state index is 14.7. The number of halogens is 1. The second-order valence-electron chi connectivity index (χ2n) is 9.01. The molecule has 9 heteroatoms. The average Bonchev–Trinajstić information content (AvgIpc) is 3.42. The lowest BCUT2D eigenvalue weighted by Gasteiger charge is -2.32. The number of benzene rings is 1. The van der Waals surface area contributed by atoms with Crippen LogP contribution in [0.5, 0.6) is 0 Å². The molecule has 0 unspecified atom stereocenters. The average molecular weight is 464 g/mol. The summed E-state index contributed by atoms with van der Waals surface area (Å²) in [6, 6.07) is 10.7. The van der Waals surface area contributed by atoms with E-state index in [9.17, 15) is 9.18 Å². The molecule has 4 heterocycles. The van der Waals surface area contributed by atoms with Gasteiger partial charge in [0.1, 0.15) is 11.5 Å². The Morgan fingerprint density at radius 2 is 1.94 bits per heavy atom. The maximum absolute atomic E-state index is 14.7. The van der Waals surface area contributed by atoms with E-state index in [0.29, 0.717) is 13.0 Å². The molecule has 1 aromatic carbocycles. The van der Waals surface area contributed by atoms with Gasteiger partial charge in [-0.3, -0.25) is 9.78 Å². The van der Waals surface area contributed by atoms with Gasteiger partial charge in [0.15, 0.2) is 0 Å². The molecule has 1 fully saturated rings. The number of carbonyl (C=O) groups is 1. The predicted molar refractivity (Wildman–Crippen MR) is 131 cm³/mol. The first kappa shape index (κ1) is 22.5. The van der Waals surface area contributed by atoms with Gasteiger partial charge in [0.2, 0.25) is 11.9 Å². The Labute approximate surface area is 198 Å². The van der Waals surface area contributed by atoms with Crippen LogP contribution in [0.4, 0.5) is 16.0 Å². The van der Waals surface area contributed by atoms with Crippen molar-refractivity contribution in [2.24, 2.45) is 0 Å². The van der Waals surface area contributed by atoms with Crippen LogP contribution in [-0.2, 0) is 11.3 Å². The topological polar surface area (TPSA) is 78.3 Å². The van der Waals surface area contributed by atoms with Gasteiger partial charge in [-0.05, 0) is 44.3 Å². The van der Waals surface area contributed by atoms with Crippen molar-refractivity contribution in [2.75, 3.05) is 56.9 Å². The van der Waals surface area contributed by atoms with Crippen LogP contribution < -0.4 is 10.6 Å². The highest BCUT2D eigenvalue weighted by Gasteiger charge is 2.25. The van der Waals surface area contributed by atoms with Gasteiger partial charge in [-0.15, -0.1) is 0 Å². The minimum atomic E-state index is -0.453. The number of imidazole rings is 1. The zero-order valence-corrected chi connectivity index (χ0v) is 19.6. The van der Waals surface area contributed by atoms with Gasteiger partial charge in [0.05, 0.1) is 17.1 Å². The fourth-order valence-electron chi connectivity index (χ4n) is 4.54. The standard InChI is InChI=1S/C25H30FN7O/c1-17-4-3-5-20(28-17)23-24(33-11-9-27-25(33)30-23)18-6-7-19(26)21(16-18)29-22(34)8-10-32-14-12-31(2)13-15-32/h3-7,16H,8-15H2,1-2H3,(H,27,30)(H,29,34). The summed E-state index contributed by atoms with van der Waals surface area (Å²) in [5.74, 6) is 0.136. The molecular formula is C25H30FN7O. The molecule has 2 aliphatic rings. The number of carbonyl (C=O) groups excluding carboxylic acids is 1.